The van der Waals surface area contributed by atoms with Crippen molar-refractivity contribution in [1.29, 1.82) is 0 Å². The molecule has 0 aliphatic carbocycles. The second-order valence-corrected chi connectivity index (χ2v) is 2.05. The van der Waals surface area contributed by atoms with E-state index in [1.807, 2.05) is 0 Å². The molecule has 1 aromatic rings. The molecule has 4 N–H and O–H groups in total. The highest BCUT2D eigenvalue weighted by atomic mass is 32.1. The maximum Gasteiger partial charge on any atom is 0.255 e. The summed E-state index contributed by atoms with van der Waals surface area (Å²) >= 11 is 4.55. The van der Waals surface area contributed by atoms with Gasteiger partial charge in [0.15, 0.2) is 0 Å². The molecule has 0 saturated heterocycles. The smallest absolute Gasteiger partial charge is 0.255 e. The Labute approximate surface area is 60.7 Å². The molecular formula is C4H5N3O2S. The van der Waals surface area contributed by atoms with Crippen molar-refractivity contribution < 1.29 is 5.11 Å². The topological polar surface area (TPSA) is 84.0 Å². The lowest BCUT2D eigenvalue weighted by atomic mass is 10.6. The number of aromatic nitrogens is 2. The van der Waals surface area contributed by atoms with Crippen LogP contribution in [-0.2, 0) is 0 Å². The van der Waals surface area contributed by atoms with Gasteiger partial charge in [0.2, 0.25) is 10.7 Å². The number of H-pyrrole nitrogens is 1. The van der Waals surface area contributed by atoms with Crippen LogP contribution in [0.4, 0.5) is 0 Å². The SMILES string of the molecule is Nn1c(O)cc(=O)[nH]c1=S. The van der Waals surface area contributed by atoms with Crippen LogP contribution in [0, 0.1) is 4.77 Å². The molecule has 0 aromatic carbocycles. The molecule has 10 heavy (non-hydrogen) atoms. The van der Waals surface area contributed by atoms with Crippen LogP contribution in [0.2, 0.25) is 0 Å². The molecule has 0 atom stereocenters. The van der Waals surface area contributed by atoms with Crippen molar-refractivity contribution in [2.24, 2.45) is 0 Å². The van der Waals surface area contributed by atoms with E-state index in [2.05, 4.69) is 17.2 Å². The van der Waals surface area contributed by atoms with Crippen molar-refractivity contribution in [1.82, 2.24) is 9.66 Å². The van der Waals surface area contributed by atoms with Crippen molar-refractivity contribution in [3.63, 3.8) is 0 Å². The normalized spacial score (nSPS) is 9.60. The number of hydrogen-bond acceptors (Lipinski definition) is 4. The summed E-state index contributed by atoms with van der Waals surface area (Å²) in [5, 5.41) is 8.83. The predicted octanol–water partition coefficient (Wildman–Crippen LogP) is -0.675. The van der Waals surface area contributed by atoms with E-state index in [9.17, 15) is 4.79 Å². The van der Waals surface area contributed by atoms with Crippen LogP contribution in [-0.4, -0.2) is 14.8 Å². The minimum Gasteiger partial charge on any atom is -0.493 e. The van der Waals surface area contributed by atoms with E-state index in [0.29, 0.717) is 0 Å². The summed E-state index contributed by atoms with van der Waals surface area (Å²) in [6.07, 6.45) is 0. The van der Waals surface area contributed by atoms with E-state index < -0.39 is 5.56 Å². The zero-order valence-electron chi connectivity index (χ0n) is 4.87. The highest BCUT2D eigenvalue weighted by molar-refractivity contribution is 7.71. The number of nitrogens with zero attached hydrogens (tertiary/aromatic N) is 1. The Morgan fingerprint density at radius 2 is 2.40 bits per heavy atom. The first-order chi connectivity index (χ1) is 4.61. The Morgan fingerprint density at radius 1 is 1.80 bits per heavy atom. The van der Waals surface area contributed by atoms with Gasteiger partial charge in [0.1, 0.15) is 0 Å². The molecule has 1 aromatic heterocycles. The van der Waals surface area contributed by atoms with Gasteiger partial charge in [-0.15, -0.1) is 0 Å². The van der Waals surface area contributed by atoms with E-state index in [1.165, 1.54) is 0 Å². The van der Waals surface area contributed by atoms with Crippen molar-refractivity contribution in [2.75, 3.05) is 5.84 Å². The molecule has 0 amide bonds. The lowest BCUT2D eigenvalue weighted by Crippen LogP contribution is -2.17. The molecule has 54 valence electrons. The summed E-state index contributed by atoms with van der Waals surface area (Å²) < 4.78 is 0.793. The van der Waals surface area contributed by atoms with Crippen LogP contribution in [0.3, 0.4) is 0 Å². The van der Waals surface area contributed by atoms with Gasteiger partial charge < -0.3 is 10.9 Å². The summed E-state index contributed by atoms with van der Waals surface area (Å²) in [6.45, 7) is 0. The van der Waals surface area contributed by atoms with Gasteiger partial charge in [-0.25, -0.2) is 4.68 Å². The van der Waals surface area contributed by atoms with Gasteiger partial charge in [-0.05, 0) is 12.2 Å². The standard InChI is InChI=1S/C4H5N3O2S/c5-7-3(9)1-2(8)6-4(7)10/h1,9H,5H2,(H,6,8,10). The first kappa shape index (κ1) is 6.81. The molecule has 0 spiro atoms. The fraction of sp³-hybridized carbons (Fsp3) is 0. The number of rotatable bonds is 0. The van der Waals surface area contributed by atoms with Crippen LogP contribution in [0.25, 0.3) is 0 Å². The molecule has 0 bridgehead atoms. The molecule has 0 unspecified atom stereocenters. The van der Waals surface area contributed by atoms with E-state index in [4.69, 9.17) is 10.9 Å². The Kier molecular flexibility index (Phi) is 1.46. The lowest BCUT2D eigenvalue weighted by Gasteiger charge is -1.98. The zero-order chi connectivity index (χ0) is 7.72. The number of nitrogens with one attached hydrogen (secondary N) is 1. The zero-order valence-corrected chi connectivity index (χ0v) is 5.68. The van der Waals surface area contributed by atoms with Crippen LogP contribution in [0.1, 0.15) is 0 Å². The lowest BCUT2D eigenvalue weighted by molar-refractivity contribution is 0.428. The molecule has 5 nitrogen and oxygen atoms in total. The Bertz CT molecular complexity index is 352. The van der Waals surface area contributed by atoms with Gasteiger partial charge in [-0.1, -0.05) is 0 Å². The van der Waals surface area contributed by atoms with Crippen LogP contribution < -0.4 is 11.4 Å². The third kappa shape index (κ3) is 1.01. The van der Waals surface area contributed by atoms with Gasteiger partial charge in [-0.2, -0.15) is 0 Å². The third-order valence-corrected chi connectivity index (χ3v) is 1.25. The van der Waals surface area contributed by atoms with E-state index in [0.717, 1.165) is 10.7 Å². The third-order valence-electron chi connectivity index (χ3n) is 0.956. The summed E-state index contributed by atoms with van der Waals surface area (Å²) in [6, 6.07) is 0.940. The van der Waals surface area contributed by atoms with Crippen LogP contribution in [0.15, 0.2) is 10.9 Å². The molecule has 0 saturated carbocycles. The van der Waals surface area contributed by atoms with Gasteiger partial charge in [-0.3, -0.25) is 9.78 Å². The average molecular weight is 159 g/mol. The Morgan fingerprint density at radius 3 is 2.90 bits per heavy atom. The van der Waals surface area contributed by atoms with Crippen molar-refractivity contribution in [2.45, 2.75) is 0 Å². The summed E-state index contributed by atoms with van der Waals surface area (Å²) in [7, 11) is 0. The van der Waals surface area contributed by atoms with Gasteiger partial charge in [0.25, 0.3) is 5.56 Å². The molecule has 0 radical (unpaired) electrons. The van der Waals surface area contributed by atoms with E-state index >= 15 is 0 Å². The largest absolute Gasteiger partial charge is 0.493 e. The molecule has 1 heterocycles. The van der Waals surface area contributed by atoms with Crippen molar-refractivity contribution >= 4 is 12.2 Å². The second kappa shape index (κ2) is 2.14. The number of aromatic hydroxyl groups is 1. The monoisotopic (exact) mass is 159 g/mol. The summed E-state index contributed by atoms with van der Waals surface area (Å²) in [5.41, 5.74) is -0.468. The van der Waals surface area contributed by atoms with Crippen LogP contribution in [0.5, 0.6) is 5.88 Å². The number of nitrogens with two attached hydrogens (primary N) is 1. The fourth-order valence-corrected chi connectivity index (χ4v) is 0.687. The van der Waals surface area contributed by atoms with Gasteiger partial charge in [0.05, 0.1) is 6.07 Å². The van der Waals surface area contributed by atoms with Crippen LogP contribution >= 0.6 is 12.2 Å². The maximum atomic E-state index is 10.5. The van der Waals surface area contributed by atoms with E-state index in [-0.39, 0.29) is 10.7 Å². The molecule has 6 heteroatoms. The molecular weight excluding hydrogens is 154 g/mol. The summed E-state index contributed by atoms with van der Waals surface area (Å²) in [4.78, 5) is 12.7. The maximum absolute atomic E-state index is 10.5. The predicted molar refractivity (Wildman–Crippen MR) is 37.7 cm³/mol. The molecule has 1 rings (SSSR count). The van der Waals surface area contributed by atoms with Gasteiger partial charge in [0, 0.05) is 0 Å². The van der Waals surface area contributed by atoms with Crippen molar-refractivity contribution in [3.05, 3.63) is 21.2 Å². The molecule has 0 fully saturated rings. The minimum atomic E-state index is -0.468. The quantitative estimate of drug-likeness (QED) is 0.346. The first-order valence-electron chi connectivity index (χ1n) is 2.41. The van der Waals surface area contributed by atoms with Crippen molar-refractivity contribution in [3.8, 4) is 5.88 Å². The fourth-order valence-electron chi connectivity index (χ4n) is 0.493. The molecule has 0 aliphatic rings. The highest BCUT2D eigenvalue weighted by Crippen LogP contribution is 1.97. The second-order valence-electron chi connectivity index (χ2n) is 1.67. The first-order valence-corrected chi connectivity index (χ1v) is 2.82. The number of nitrogen functional groups attached to an aromatic ring is 1. The highest BCUT2D eigenvalue weighted by Gasteiger charge is 1.94. The minimum absolute atomic E-state index is 0.00926. The number of aromatic amines is 1. The number of hydrogen-bond donors (Lipinski definition) is 3. The van der Waals surface area contributed by atoms with E-state index in [1.54, 1.807) is 0 Å². The van der Waals surface area contributed by atoms with Gasteiger partial charge >= 0.3 is 0 Å². The Balaban J connectivity index is 3.62. The Hall–Kier alpha value is -1.30. The molecule has 0 aliphatic heterocycles. The summed E-state index contributed by atoms with van der Waals surface area (Å²) in [5.74, 6) is 4.79. The average Bonchev–Trinajstić information content (AvgIpc) is 1.82.